The van der Waals surface area contributed by atoms with Crippen LogP contribution in [-0.2, 0) is 17.8 Å². The van der Waals surface area contributed by atoms with Gasteiger partial charge in [-0.3, -0.25) is 4.79 Å². The van der Waals surface area contributed by atoms with Crippen LogP contribution < -0.4 is 4.90 Å². The lowest BCUT2D eigenvalue weighted by Crippen LogP contribution is -2.40. The Hall–Kier alpha value is -3.99. The van der Waals surface area contributed by atoms with Gasteiger partial charge in [0.05, 0.1) is 18.2 Å². The minimum atomic E-state index is -0.337. The van der Waals surface area contributed by atoms with Crippen LogP contribution in [0.25, 0.3) is 11.4 Å². The molecule has 0 fully saturated rings. The molecule has 4 aromatic rings. The van der Waals surface area contributed by atoms with E-state index in [1.807, 2.05) is 115 Å². The molecule has 0 spiro atoms. The summed E-state index contributed by atoms with van der Waals surface area (Å²) in [4.78, 5) is 27.7. The molecule has 170 valence electrons. The van der Waals surface area contributed by atoms with Crippen molar-refractivity contribution in [3.05, 3.63) is 113 Å². The highest BCUT2D eigenvalue weighted by molar-refractivity contribution is 5.87. The van der Waals surface area contributed by atoms with Gasteiger partial charge in [-0.1, -0.05) is 91.0 Å². The summed E-state index contributed by atoms with van der Waals surface area (Å²) in [6.07, 6.45) is 0.709. The number of aromatic nitrogens is 2. The third-order valence-electron chi connectivity index (χ3n) is 6.32. The number of amides is 1. The number of anilines is 1. The molecule has 5 nitrogen and oxygen atoms in total. The third kappa shape index (κ3) is 4.29. The zero-order chi connectivity index (χ0) is 23.5. The average molecular weight is 449 g/mol. The van der Waals surface area contributed by atoms with Crippen LogP contribution in [0.1, 0.15) is 28.3 Å². The van der Waals surface area contributed by atoms with Crippen LogP contribution in [0.4, 0.5) is 5.82 Å². The fraction of sp³-hybridized carbons (Fsp3) is 0.207. The van der Waals surface area contributed by atoms with Crippen molar-refractivity contribution < 1.29 is 4.79 Å². The van der Waals surface area contributed by atoms with Crippen molar-refractivity contribution in [1.82, 2.24) is 14.9 Å². The zero-order valence-corrected chi connectivity index (χ0v) is 19.6. The van der Waals surface area contributed by atoms with Crippen LogP contribution in [0.3, 0.4) is 0 Å². The van der Waals surface area contributed by atoms with Crippen LogP contribution in [0, 0.1) is 0 Å². The standard InChI is InChI=1S/C29H28N4O/c1-32(2)28-24-20-33(19-18-25(24)30-27(31-28)23-16-10-5-11-17-23)29(34)26(21-12-6-3-7-13-21)22-14-8-4-9-15-22/h3-17,26H,18-20H2,1-2H3. The maximum Gasteiger partial charge on any atom is 0.234 e. The van der Waals surface area contributed by atoms with Crippen molar-refractivity contribution in [2.45, 2.75) is 18.9 Å². The van der Waals surface area contributed by atoms with E-state index in [1.54, 1.807) is 0 Å². The van der Waals surface area contributed by atoms with Crippen LogP contribution >= 0.6 is 0 Å². The molecule has 5 heteroatoms. The molecule has 34 heavy (non-hydrogen) atoms. The lowest BCUT2D eigenvalue weighted by Gasteiger charge is -2.33. The molecule has 1 aromatic heterocycles. The fourth-order valence-corrected chi connectivity index (χ4v) is 4.62. The molecule has 0 radical (unpaired) electrons. The molecule has 0 saturated heterocycles. The Morgan fingerprint density at radius 2 is 1.38 bits per heavy atom. The Bertz CT molecular complexity index is 1230. The normalized spacial score (nSPS) is 13.0. The van der Waals surface area contributed by atoms with Crippen molar-refractivity contribution in [3.8, 4) is 11.4 Å². The van der Waals surface area contributed by atoms with Gasteiger partial charge in [0.2, 0.25) is 5.91 Å². The summed E-state index contributed by atoms with van der Waals surface area (Å²) >= 11 is 0. The van der Waals surface area contributed by atoms with E-state index in [-0.39, 0.29) is 11.8 Å². The number of rotatable bonds is 5. The smallest absolute Gasteiger partial charge is 0.234 e. The molecule has 0 aliphatic carbocycles. The first-order chi connectivity index (χ1) is 16.6. The van der Waals surface area contributed by atoms with Gasteiger partial charge < -0.3 is 9.80 Å². The Morgan fingerprint density at radius 3 is 1.94 bits per heavy atom. The van der Waals surface area contributed by atoms with Crippen LogP contribution in [0.5, 0.6) is 0 Å². The number of carbonyl (C=O) groups is 1. The van der Waals surface area contributed by atoms with E-state index < -0.39 is 0 Å². The van der Waals surface area contributed by atoms with Gasteiger partial charge in [-0.15, -0.1) is 0 Å². The highest BCUT2D eigenvalue weighted by Gasteiger charge is 2.32. The number of carbonyl (C=O) groups excluding carboxylic acids is 1. The highest BCUT2D eigenvalue weighted by Crippen LogP contribution is 2.32. The predicted molar refractivity (Wildman–Crippen MR) is 136 cm³/mol. The van der Waals surface area contributed by atoms with Gasteiger partial charge in [0, 0.05) is 38.2 Å². The number of benzene rings is 3. The number of hydrogen-bond donors (Lipinski definition) is 0. The molecule has 2 heterocycles. The maximum absolute atomic E-state index is 14.0. The molecular weight excluding hydrogens is 420 g/mol. The Labute approximate surface area is 200 Å². The lowest BCUT2D eigenvalue weighted by molar-refractivity contribution is -0.132. The first kappa shape index (κ1) is 21.8. The quantitative estimate of drug-likeness (QED) is 0.435. The van der Waals surface area contributed by atoms with Crippen LogP contribution in [0.2, 0.25) is 0 Å². The summed E-state index contributed by atoms with van der Waals surface area (Å²) in [5.74, 6) is 1.38. The molecule has 1 aliphatic rings. The van der Waals surface area contributed by atoms with Crippen molar-refractivity contribution in [2.75, 3.05) is 25.5 Å². The van der Waals surface area contributed by atoms with E-state index in [1.165, 1.54) is 0 Å². The highest BCUT2D eigenvalue weighted by atomic mass is 16.2. The van der Waals surface area contributed by atoms with Crippen molar-refractivity contribution in [2.24, 2.45) is 0 Å². The molecule has 0 unspecified atom stereocenters. The topological polar surface area (TPSA) is 49.3 Å². The molecular formula is C29H28N4O. The Kier molecular flexibility index (Phi) is 6.09. The van der Waals surface area contributed by atoms with Gasteiger partial charge in [0.1, 0.15) is 5.82 Å². The Balaban J connectivity index is 1.50. The monoisotopic (exact) mass is 448 g/mol. The van der Waals surface area contributed by atoms with Crippen LogP contribution in [0.15, 0.2) is 91.0 Å². The van der Waals surface area contributed by atoms with Gasteiger partial charge in [0.15, 0.2) is 5.82 Å². The van der Waals surface area contributed by atoms with E-state index >= 15 is 0 Å². The molecule has 1 amide bonds. The summed E-state index contributed by atoms with van der Waals surface area (Å²) in [6.45, 7) is 1.15. The third-order valence-corrected chi connectivity index (χ3v) is 6.32. The molecule has 5 rings (SSSR count). The molecule has 0 N–H and O–H groups in total. The summed E-state index contributed by atoms with van der Waals surface area (Å²) in [7, 11) is 3.99. The largest absolute Gasteiger partial charge is 0.362 e. The van der Waals surface area contributed by atoms with Gasteiger partial charge in [0.25, 0.3) is 0 Å². The minimum absolute atomic E-state index is 0.111. The molecule has 0 atom stereocenters. The fourth-order valence-electron chi connectivity index (χ4n) is 4.62. The Morgan fingerprint density at radius 1 is 0.824 bits per heavy atom. The predicted octanol–water partition coefficient (Wildman–Crippen LogP) is 4.93. The van der Waals surface area contributed by atoms with Crippen molar-refractivity contribution in [1.29, 1.82) is 0 Å². The minimum Gasteiger partial charge on any atom is -0.362 e. The first-order valence-corrected chi connectivity index (χ1v) is 11.6. The van der Waals surface area contributed by atoms with E-state index in [0.29, 0.717) is 19.5 Å². The van der Waals surface area contributed by atoms with E-state index in [4.69, 9.17) is 9.97 Å². The van der Waals surface area contributed by atoms with Crippen molar-refractivity contribution in [3.63, 3.8) is 0 Å². The lowest BCUT2D eigenvalue weighted by atomic mass is 9.89. The summed E-state index contributed by atoms with van der Waals surface area (Å²) in [5, 5.41) is 0. The SMILES string of the molecule is CN(C)c1nc(-c2ccccc2)nc2c1CN(C(=O)C(c1ccccc1)c1ccccc1)CC2. The van der Waals surface area contributed by atoms with Crippen LogP contribution in [-0.4, -0.2) is 41.4 Å². The summed E-state index contributed by atoms with van der Waals surface area (Å²) < 4.78 is 0. The second-order valence-corrected chi connectivity index (χ2v) is 8.82. The van der Waals surface area contributed by atoms with E-state index in [0.717, 1.165) is 39.6 Å². The van der Waals surface area contributed by atoms with E-state index in [9.17, 15) is 4.79 Å². The second-order valence-electron chi connectivity index (χ2n) is 8.82. The van der Waals surface area contributed by atoms with Gasteiger partial charge in [-0.25, -0.2) is 9.97 Å². The van der Waals surface area contributed by atoms with Gasteiger partial charge in [-0.2, -0.15) is 0 Å². The second kappa shape index (κ2) is 9.48. The molecule has 0 bridgehead atoms. The van der Waals surface area contributed by atoms with Gasteiger partial charge >= 0.3 is 0 Å². The average Bonchev–Trinajstić information content (AvgIpc) is 2.89. The van der Waals surface area contributed by atoms with E-state index in [2.05, 4.69) is 0 Å². The number of nitrogens with zero attached hydrogens (tertiary/aromatic N) is 4. The number of fused-ring (bicyclic) bond motifs is 1. The molecule has 3 aromatic carbocycles. The number of hydrogen-bond acceptors (Lipinski definition) is 4. The molecule has 0 saturated carbocycles. The van der Waals surface area contributed by atoms with Gasteiger partial charge in [-0.05, 0) is 11.1 Å². The first-order valence-electron chi connectivity index (χ1n) is 11.6. The van der Waals surface area contributed by atoms with Crippen molar-refractivity contribution >= 4 is 11.7 Å². The summed E-state index contributed by atoms with van der Waals surface area (Å²) in [5.41, 5.74) is 5.07. The molecule has 1 aliphatic heterocycles. The summed E-state index contributed by atoms with van der Waals surface area (Å²) in [6, 6.07) is 30.1. The maximum atomic E-state index is 14.0. The zero-order valence-electron chi connectivity index (χ0n) is 19.6.